The Balaban J connectivity index is 2.34. The molecule has 0 unspecified atom stereocenters. The largest absolute Gasteiger partial charge is 0.398 e. The van der Waals surface area contributed by atoms with Gasteiger partial charge < -0.3 is 5.73 Å². The fraction of sp³-hybridized carbons (Fsp3) is 0. The third kappa shape index (κ3) is 2.80. The van der Waals surface area contributed by atoms with Crippen LogP contribution >= 0.6 is 15.9 Å². The van der Waals surface area contributed by atoms with Crippen molar-refractivity contribution in [3.8, 4) is 0 Å². The summed E-state index contributed by atoms with van der Waals surface area (Å²) in [5.41, 5.74) is 6.02. The minimum Gasteiger partial charge on any atom is -0.398 e. The number of nitrogens with one attached hydrogen (secondary N) is 1. The summed E-state index contributed by atoms with van der Waals surface area (Å²) in [4.78, 5) is 3.99. The first kappa shape index (κ1) is 12.8. The van der Waals surface area contributed by atoms with Gasteiger partial charge in [-0.1, -0.05) is 6.07 Å². The van der Waals surface area contributed by atoms with E-state index in [2.05, 4.69) is 25.6 Å². The number of sulfonamides is 1. The lowest BCUT2D eigenvalue weighted by atomic mass is 10.3. The van der Waals surface area contributed by atoms with E-state index in [1.165, 1.54) is 18.3 Å². The van der Waals surface area contributed by atoms with Crippen LogP contribution in [0.4, 0.5) is 11.5 Å². The molecule has 0 amide bonds. The molecule has 1 heterocycles. The summed E-state index contributed by atoms with van der Waals surface area (Å²) in [7, 11) is -3.67. The van der Waals surface area contributed by atoms with Gasteiger partial charge in [-0.25, -0.2) is 13.4 Å². The Morgan fingerprint density at radius 1 is 1.22 bits per heavy atom. The summed E-state index contributed by atoms with van der Waals surface area (Å²) >= 11 is 3.21. The molecule has 7 heteroatoms. The van der Waals surface area contributed by atoms with Gasteiger partial charge in [-0.3, -0.25) is 4.72 Å². The van der Waals surface area contributed by atoms with Crippen LogP contribution in [0.15, 0.2) is 52.0 Å². The predicted octanol–water partition coefficient (Wildman–Crippen LogP) is 2.23. The van der Waals surface area contributed by atoms with Gasteiger partial charge in [-0.05, 0) is 46.3 Å². The van der Waals surface area contributed by atoms with E-state index in [0.717, 1.165) is 0 Å². The van der Waals surface area contributed by atoms with Crippen LogP contribution in [0.5, 0.6) is 0 Å². The van der Waals surface area contributed by atoms with E-state index in [4.69, 9.17) is 5.73 Å². The summed E-state index contributed by atoms with van der Waals surface area (Å²) in [5.74, 6) is 0.263. The van der Waals surface area contributed by atoms with Gasteiger partial charge in [0.05, 0.1) is 4.90 Å². The van der Waals surface area contributed by atoms with Crippen molar-refractivity contribution < 1.29 is 8.42 Å². The van der Waals surface area contributed by atoms with Crippen molar-refractivity contribution in [3.05, 3.63) is 47.1 Å². The molecule has 3 N–H and O–H groups in total. The first-order valence-electron chi connectivity index (χ1n) is 4.98. The summed E-state index contributed by atoms with van der Waals surface area (Å²) in [6.07, 6.45) is 1.51. The topological polar surface area (TPSA) is 85.1 Å². The Morgan fingerprint density at radius 2 is 2.00 bits per heavy atom. The second-order valence-corrected chi connectivity index (χ2v) is 6.04. The molecule has 94 valence electrons. The highest BCUT2D eigenvalue weighted by Gasteiger charge is 2.15. The molecule has 0 aliphatic rings. The average molecular weight is 328 g/mol. The maximum Gasteiger partial charge on any atom is 0.263 e. The Kier molecular flexibility index (Phi) is 3.53. The minimum absolute atomic E-state index is 0.0915. The molecule has 0 aliphatic carbocycles. The molecule has 0 fully saturated rings. The summed E-state index contributed by atoms with van der Waals surface area (Å²) in [5, 5.41) is 0. The van der Waals surface area contributed by atoms with E-state index in [1.54, 1.807) is 24.3 Å². The third-order valence-electron chi connectivity index (χ3n) is 2.18. The summed E-state index contributed by atoms with van der Waals surface area (Å²) < 4.78 is 27.1. The van der Waals surface area contributed by atoms with Crippen LogP contribution < -0.4 is 10.5 Å². The SMILES string of the molecule is Nc1cc(S(=O)(=O)Nc2ccccn2)ccc1Br. The van der Waals surface area contributed by atoms with Crippen LogP contribution in [0.2, 0.25) is 0 Å². The first-order chi connectivity index (χ1) is 8.49. The number of hydrogen-bond donors (Lipinski definition) is 2. The van der Waals surface area contributed by atoms with Crippen molar-refractivity contribution in [2.75, 3.05) is 10.5 Å². The van der Waals surface area contributed by atoms with Gasteiger partial charge in [-0.15, -0.1) is 0 Å². The van der Waals surface area contributed by atoms with E-state index < -0.39 is 10.0 Å². The molecule has 2 aromatic rings. The van der Waals surface area contributed by atoms with Crippen molar-refractivity contribution in [2.24, 2.45) is 0 Å². The highest BCUT2D eigenvalue weighted by molar-refractivity contribution is 9.10. The van der Waals surface area contributed by atoms with Crippen LogP contribution in [0.3, 0.4) is 0 Å². The highest BCUT2D eigenvalue weighted by Crippen LogP contribution is 2.23. The zero-order valence-electron chi connectivity index (χ0n) is 9.17. The van der Waals surface area contributed by atoms with Gasteiger partial charge >= 0.3 is 0 Å². The average Bonchev–Trinajstić information content (AvgIpc) is 2.33. The second kappa shape index (κ2) is 4.95. The summed E-state index contributed by atoms with van der Waals surface area (Å²) in [6, 6.07) is 9.40. The number of halogens is 1. The van der Waals surface area contributed by atoms with Crippen molar-refractivity contribution in [1.82, 2.24) is 4.98 Å². The summed E-state index contributed by atoms with van der Waals surface area (Å²) in [6.45, 7) is 0. The van der Waals surface area contributed by atoms with Crippen LogP contribution in [-0.4, -0.2) is 13.4 Å². The highest BCUT2D eigenvalue weighted by atomic mass is 79.9. The van der Waals surface area contributed by atoms with E-state index in [9.17, 15) is 8.42 Å². The number of benzene rings is 1. The molecule has 0 radical (unpaired) electrons. The van der Waals surface area contributed by atoms with Crippen LogP contribution in [-0.2, 0) is 10.0 Å². The number of anilines is 2. The van der Waals surface area contributed by atoms with E-state index in [1.807, 2.05) is 0 Å². The van der Waals surface area contributed by atoms with E-state index in [-0.39, 0.29) is 10.7 Å². The number of aromatic nitrogens is 1. The lowest BCUT2D eigenvalue weighted by molar-refractivity contribution is 0.601. The lowest BCUT2D eigenvalue weighted by Gasteiger charge is -2.08. The Hall–Kier alpha value is -1.60. The lowest BCUT2D eigenvalue weighted by Crippen LogP contribution is -2.14. The van der Waals surface area contributed by atoms with Crippen LogP contribution in [0.1, 0.15) is 0 Å². The number of nitrogens with two attached hydrogens (primary N) is 1. The molecule has 2 rings (SSSR count). The molecule has 0 spiro atoms. The minimum atomic E-state index is -3.67. The van der Waals surface area contributed by atoms with E-state index in [0.29, 0.717) is 10.2 Å². The first-order valence-corrected chi connectivity index (χ1v) is 7.25. The van der Waals surface area contributed by atoms with Crippen molar-refractivity contribution in [3.63, 3.8) is 0 Å². The molecule has 5 nitrogen and oxygen atoms in total. The van der Waals surface area contributed by atoms with Crippen molar-refractivity contribution >= 4 is 37.5 Å². The quantitative estimate of drug-likeness (QED) is 0.846. The predicted molar refractivity (Wildman–Crippen MR) is 73.6 cm³/mol. The molecule has 0 aliphatic heterocycles. The van der Waals surface area contributed by atoms with Gasteiger partial charge in [0, 0.05) is 16.4 Å². The second-order valence-electron chi connectivity index (χ2n) is 3.50. The van der Waals surface area contributed by atoms with Crippen LogP contribution in [0, 0.1) is 0 Å². The van der Waals surface area contributed by atoms with Gasteiger partial charge in [-0.2, -0.15) is 0 Å². The maximum atomic E-state index is 12.0. The van der Waals surface area contributed by atoms with Gasteiger partial charge in [0.2, 0.25) is 0 Å². The van der Waals surface area contributed by atoms with Gasteiger partial charge in [0.15, 0.2) is 0 Å². The molecule has 1 aromatic carbocycles. The molecular weight excluding hydrogens is 318 g/mol. The van der Waals surface area contributed by atoms with E-state index >= 15 is 0 Å². The Morgan fingerprint density at radius 3 is 2.61 bits per heavy atom. The number of nitrogen functional groups attached to an aromatic ring is 1. The fourth-order valence-electron chi connectivity index (χ4n) is 1.31. The molecule has 0 saturated carbocycles. The molecule has 1 aromatic heterocycles. The number of rotatable bonds is 3. The maximum absolute atomic E-state index is 12.0. The molecule has 18 heavy (non-hydrogen) atoms. The number of nitrogens with zero attached hydrogens (tertiary/aromatic N) is 1. The number of pyridine rings is 1. The molecule has 0 atom stereocenters. The Labute approximate surface area is 113 Å². The number of hydrogen-bond acceptors (Lipinski definition) is 4. The normalized spacial score (nSPS) is 11.2. The third-order valence-corrected chi connectivity index (χ3v) is 4.26. The zero-order valence-corrected chi connectivity index (χ0v) is 11.6. The van der Waals surface area contributed by atoms with Crippen molar-refractivity contribution in [2.45, 2.75) is 4.90 Å². The Bertz CT molecular complexity index is 659. The monoisotopic (exact) mass is 327 g/mol. The smallest absolute Gasteiger partial charge is 0.263 e. The molecule has 0 saturated heterocycles. The fourth-order valence-corrected chi connectivity index (χ4v) is 2.60. The molecular formula is C11H10BrN3O2S. The molecule has 0 bridgehead atoms. The van der Waals surface area contributed by atoms with Crippen LogP contribution in [0.25, 0.3) is 0 Å². The van der Waals surface area contributed by atoms with Crippen molar-refractivity contribution in [1.29, 1.82) is 0 Å². The van der Waals surface area contributed by atoms with Gasteiger partial charge in [0.25, 0.3) is 10.0 Å². The standard InChI is InChI=1S/C11H10BrN3O2S/c12-9-5-4-8(7-10(9)13)18(16,17)15-11-3-1-2-6-14-11/h1-7H,13H2,(H,14,15). The zero-order chi connectivity index (χ0) is 13.2. The van der Waals surface area contributed by atoms with Gasteiger partial charge in [0.1, 0.15) is 5.82 Å².